The highest BCUT2D eigenvalue weighted by Crippen LogP contribution is 2.38. The zero-order valence-corrected chi connectivity index (χ0v) is 22.2. The Morgan fingerprint density at radius 3 is 2.09 bits per heavy atom. The largest absolute Gasteiger partial charge is 0.624 e. The molecule has 2 aromatic carbocycles. The van der Waals surface area contributed by atoms with E-state index in [0.717, 1.165) is 4.74 Å². The molecular weight excluding hydrogens is 442 g/mol. The summed E-state index contributed by atoms with van der Waals surface area (Å²) < 4.78 is 13.0. The Bertz CT molecular complexity index is 896. The van der Waals surface area contributed by atoms with Crippen molar-refractivity contribution in [1.82, 2.24) is 0 Å². The summed E-state index contributed by atoms with van der Waals surface area (Å²) in [5.41, 5.74) is 0. The van der Waals surface area contributed by atoms with Crippen molar-refractivity contribution in [2.45, 2.75) is 65.0 Å². The quantitative estimate of drug-likeness (QED) is 0.0637. The van der Waals surface area contributed by atoms with Crippen LogP contribution in [0.2, 0.25) is 5.04 Å². The molecule has 0 saturated heterocycles. The topological polar surface area (TPSA) is 61.6 Å². The summed E-state index contributed by atoms with van der Waals surface area (Å²) in [5.74, 6) is -0.298. The monoisotopic (exact) mass is 481 g/mol. The van der Waals surface area contributed by atoms with Crippen molar-refractivity contribution in [3.63, 3.8) is 0 Å². The molecule has 0 aromatic heterocycles. The molecule has 0 heterocycles. The summed E-state index contributed by atoms with van der Waals surface area (Å²) in [5, 5.41) is 14.7. The van der Waals surface area contributed by atoms with E-state index in [-0.39, 0.29) is 17.1 Å². The molecule has 5 nitrogen and oxygen atoms in total. The summed E-state index contributed by atoms with van der Waals surface area (Å²) >= 11 is 0. The smallest absolute Gasteiger partial charge is 0.302 e. The third-order valence-corrected chi connectivity index (χ3v) is 10.8. The van der Waals surface area contributed by atoms with Crippen LogP contribution in [0.25, 0.3) is 0 Å². The molecule has 0 N–H and O–H groups in total. The van der Waals surface area contributed by atoms with Crippen molar-refractivity contribution < 1.29 is 18.7 Å². The average Bonchev–Trinajstić information content (AvgIpc) is 2.80. The standard InChI is InChI=1S/C28H39NO4Si/c1-6-15-25(20-22-29(31)21-13-14-23-32-24(2)30)33-34(28(3,4)5,26-16-9-7-10-17-26)27-18-11-8-12-19-27/h6-12,15-19,21,25H,13-14,20,22-23H2,1-5H3/b15-6+,29-21-. The van der Waals surface area contributed by atoms with E-state index in [2.05, 4.69) is 75.4 Å². The van der Waals surface area contributed by atoms with Gasteiger partial charge >= 0.3 is 5.97 Å². The molecule has 6 heteroatoms. The van der Waals surface area contributed by atoms with Crippen LogP contribution in [0.5, 0.6) is 0 Å². The molecule has 0 aliphatic heterocycles. The predicted octanol–water partition coefficient (Wildman–Crippen LogP) is 4.82. The second kappa shape index (κ2) is 13.3. The van der Waals surface area contributed by atoms with Crippen LogP contribution in [0.1, 0.15) is 53.9 Å². The minimum atomic E-state index is -2.70. The Balaban J connectivity index is 2.28. The molecule has 0 spiro atoms. The van der Waals surface area contributed by atoms with Crippen molar-refractivity contribution in [2.24, 2.45) is 0 Å². The van der Waals surface area contributed by atoms with Gasteiger partial charge in [0, 0.05) is 19.8 Å². The van der Waals surface area contributed by atoms with Gasteiger partial charge in [-0.1, -0.05) is 93.6 Å². The first-order valence-corrected chi connectivity index (χ1v) is 13.9. The van der Waals surface area contributed by atoms with Crippen molar-refractivity contribution in [3.8, 4) is 0 Å². The molecule has 1 unspecified atom stereocenters. The minimum absolute atomic E-state index is 0.129. The maximum absolute atomic E-state index is 12.4. The van der Waals surface area contributed by atoms with Gasteiger partial charge in [0.25, 0.3) is 8.32 Å². The average molecular weight is 482 g/mol. The Morgan fingerprint density at radius 2 is 1.62 bits per heavy atom. The fourth-order valence-electron chi connectivity index (χ4n) is 4.21. The number of hydroxylamine groups is 1. The van der Waals surface area contributed by atoms with Gasteiger partial charge in [-0.25, -0.2) is 4.74 Å². The number of rotatable bonds is 12. The van der Waals surface area contributed by atoms with Crippen LogP contribution in [0, 0.1) is 5.21 Å². The molecule has 0 aliphatic carbocycles. The molecule has 0 saturated carbocycles. The van der Waals surface area contributed by atoms with Gasteiger partial charge in [0.1, 0.15) is 0 Å². The molecule has 2 rings (SSSR count). The van der Waals surface area contributed by atoms with Crippen molar-refractivity contribution in [1.29, 1.82) is 0 Å². The van der Waals surface area contributed by atoms with Crippen LogP contribution in [0.15, 0.2) is 72.8 Å². The van der Waals surface area contributed by atoms with Crippen LogP contribution in [-0.2, 0) is 14.0 Å². The number of esters is 1. The lowest BCUT2D eigenvalue weighted by atomic mass is 10.2. The number of ether oxygens (including phenoxy) is 1. The van der Waals surface area contributed by atoms with E-state index in [0.29, 0.717) is 32.4 Å². The van der Waals surface area contributed by atoms with E-state index >= 15 is 0 Å². The first kappa shape index (κ1) is 27.5. The molecule has 0 radical (unpaired) electrons. The number of benzene rings is 2. The van der Waals surface area contributed by atoms with Gasteiger partial charge in [-0.05, 0) is 28.8 Å². The summed E-state index contributed by atoms with van der Waals surface area (Å²) in [6.45, 7) is 10.8. The van der Waals surface area contributed by atoms with E-state index in [1.54, 1.807) is 6.21 Å². The van der Waals surface area contributed by atoms with Gasteiger partial charge in [-0.2, -0.15) is 0 Å². The fourth-order valence-corrected chi connectivity index (χ4v) is 8.87. The zero-order chi connectivity index (χ0) is 25.0. The number of unbranched alkanes of at least 4 members (excludes halogenated alkanes) is 1. The lowest BCUT2D eigenvalue weighted by Crippen LogP contribution is -2.67. The maximum Gasteiger partial charge on any atom is 0.302 e. The first-order valence-electron chi connectivity index (χ1n) is 12.0. The second-order valence-corrected chi connectivity index (χ2v) is 13.7. The van der Waals surface area contributed by atoms with E-state index in [1.807, 2.05) is 25.1 Å². The summed E-state index contributed by atoms with van der Waals surface area (Å²) in [6.07, 6.45) is 7.28. The van der Waals surface area contributed by atoms with Crippen LogP contribution < -0.4 is 10.4 Å². The van der Waals surface area contributed by atoms with Gasteiger partial charge < -0.3 is 14.4 Å². The Kier molecular flexibility index (Phi) is 10.7. The Labute approximate surface area is 205 Å². The lowest BCUT2D eigenvalue weighted by molar-refractivity contribution is -0.455. The summed E-state index contributed by atoms with van der Waals surface area (Å²) in [4.78, 5) is 10.8. The van der Waals surface area contributed by atoms with Crippen LogP contribution in [0.3, 0.4) is 0 Å². The molecule has 184 valence electrons. The van der Waals surface area contributed by atoms with Gasteiger partial charge in [0.2, 0.25) is 0 Å². The number of allylic oxidation sites excluding steroid dienone is 1. The van der Waals surface area contributed by atoms with E-state index in [9.17, 15) is 10.0 Å². The lowest BCUT2D eigenvalue weighted by Gasteiger charge is -2.44. The van der Waals surface area contributed by atoms with Crippen LogP contribution in [0.4, 0.5) is 0 Å². The zero-order valence-electron chi connectivity index (χ0n) is 21.2. The SMILES string of the molecule is C/C=C/C(CC/[N+]([O-])=C/CCCOC(C)=O)O[Si](c1ccccc1)(c1ccccc1)C(C)(C)C. The fraction of sp³-hybridized carbons (Fsp3) is 0.429. The van der Waals surface area contributed by atoms with Gasteiger partial charge in [-0.15, -0.1) is 0 Å². The van der Waals surface area contributed by atoms with Gasteiger partial charge in [0.05, 0.1) is 12.7 Å². The number of hydrogen-bond donors (Lipinski definition) is 0. The summed E-state index contributed by atoms with van der Waals surface area (Å²) in [6, 6.07) is 21.1. The maximum atomic E-state index is 12.4. The number of carbonyl (C=O) groups is 1. The molecule has 1 atom stereocenters. The number of hydrogen-bond acceptors (Lipinski definition) is 4. The third-order valence-electron chi connectivity index (χ3n) is 5.77. The van der Waals surface area contributed by atoms with E-state index < -0.39 is 8.32 Å². The molecule has 34 heavy (non-hydrogen) atoms. The van der Waals surface area contributed by atoms with Gasteiger partial charge in [0.15, 0.2) is 12.8 Å². The van der Waals surface area contributed by atoms with Crippen molar-refractivity contribution in [3.05, 3.63) is 78.0 Å². The molecule has 0 amide bonds. The highest BCUT2D eigenvalue weighted by atomic mass is 28.4. The summed E-state index contributed by atoms with van der Waals surface area (Å²) in [7, 11) is -2.70. The molecule has 2 aromatic rings. The first-order chi connectivity index (χ1) is 16.2. The van der Waals surface area contributed by atoms with E-state index in [1.165, 1.54) is 17.3 Å². The number of carbonyl (C=O) groups excluding carboxylic acids is 1. The van der Waals surface area contributed by atoms with Crippen molar-refractivity contribution in [2.75, 3.05) is 13.2 Å². The minimum Gasteiger partial charge on any atom is -0.624 e. The second-order valence-electron chi connectivity index (χ2n) is 9.44. The van der Waals surface area contributed by atoms with Crippen LogP contribution >= 0.6 is 0 Å². The molecule has 0 fully saturated rings. The van der Waals surface area contributed by atoms with Gasteiger partial charge in [-0.3, -0.25) is 4.79 Å². The predicted molar refractivity (Wildman–Crippen MR) is 142 cm³/mol. The highest BCUT2D eigenvalue weighted by Gasteiger charge is 2.51. The van der Waals surface area contributed by atoms with Crippen molar-refractivity contribution >= 4 is 30.9 Å². The van der Waals surface area contributed by atoms with E-state index in [4.69, 9.17) is 9.16 Å². The van der Waals surface area contributed by atoms with Crippen LogP contribution in [-0.4, -0.2) is 44.5 Å². The Hall–Kier alpha value is -2.70. The Morgan fingerprint density at radius 1 is 1.06 bits per heavy atom. The number of nitrogens with zero attached hydrogens (tertiary/aromatic N) is 1. The molecular formula is C28H39NO4Si. The molecule has 0 aliphatic rings. The molecule has 0 bridgehead atoms. The third kappa shape index (κ3) is 7.67. The highest BCUT2D eigenvalue weighted by molar-refractivity contribution is 6.99. The normalized spacial score (nSPS) is 13.7.